The van der Waals surface area contributed by atoms with Crippen molar-refractivity contribution < 1.29 is 9.47 Å². The van der Waals surface area contributed by atoms with Gasteiger partial charge < -0.3 is 24.5 Å². The Morgan fingerprint density at radius 3 is 2.61 bits per heavy atom. The lowest BCUT2D eigenvalue weighted by molar-refractivity contribution is 0.355. The Morgan fingerprint density at radius 1 is 1.14 bits per heavy atom. The SMILES string of the molecule is CCNC(=NCc1cn2c(C)cccc2n1)Nc1ccc(OC)c(OC)c1.I. The van der Waals surface area contributed by atoms with Crippen LogP contribution in [0.25, 0.3) is 5.65 Å². The highest BCUT2D eigenvalue weighted by Crippen LogP contribution is 2.29. The maximum absolute atomic E-state index is 5.35. The molecule has 0 unspecified atom stereocenters. The van der Waals surface area contributed by atoms with E-state index in [1.807, 2.05) is 43.5 Å². The van der Waals surface area contributed by atoms with E-state index in [0.29, 0.717) is 24.0 Å². The van der Waals surface area contributed by atoms with Crippen molar-refractivity contribution in [3.8, 4) is 11.5 Å². The number of imidazole rings is 1. The highest BCUT2D eigenvalue weighted by Gasteiger charge is 2.07. The maximum atomic E-state index is 5.35. The van der Waals surface area contributed by atoms with Gasteiger partial charge in [0, 0.05) is 30.2 Å². The molecule has 0 radical (unpaired) electrons. The zero-order chi connectivity index (χ0) is 19.2. The molecule has 0 amide bonds. The standard InChI is InChI=1S/C20H25N5O2.HI/c1-5-21-20(24-15-9-10-17(26-3)18(11-15)27-4)22-12-16-13-25-14(2)7-6-8-19(25)23-16;/h6-11,13H,5,12H2,1-4H3,(H2,21,22,24);1H. The van der Waals surface area contributed by atoms with Crippen molar-refractivity contribution in [1.29, 1.82) is 0 Å². The molecule has 28 heavy (non-hydrogen) atoms. The number of methoxy groups -OCH3 is 2. The van der Waals surface area contributed by atoms with E-state index in [-0.39, 0.29) is 24.0 Å². The zero-order valence-electron chi connectivity index (χ0n) is 16.5. The zero-order valence-corrected chi connectivity index (χ0v) is 18.9. The minimum atomic E-state index is 0. The molecule has 0 saturated carbocycles. The number of fused-ring (bicyclic) bond motifs is 1. The second-order valence-corrected chi connectivity index (χ2v) is 6.02. The van der Waals surface area contributed by atoms with Crippen LogP contribution in [0, 0.1) is 6.92 Å². The maximum Gasteiger partial charge on any atom is 0.196 e. The van der Waals surface area contributed by atoms with Gasteiger partial charge in [0.15, 0.2) is 17.5 Å². The van der Waals surface area contributed by atoms with Crippen molar-refractivity contribution in [3.05, 3.63) is 54.0 Å². The summed E-state index contributed by atoms with van der Waals surface area (Å²) in [5.74, 6) is 2.03. The molecule has 0 atom stereocenters. The lowest BCUT2D eigenvalue weighted by atomic mass is 10.3. The number of hydrogen-bond acceptors (Lipinski definition) is 4. The van der Waals surface area contributed by atoms with Gasteiger partial charge in [0.25, 0.3) is 0 Å². The molecular weight excluding hydrogens is 469 g/mol. The number of guanidine groups is 1. The van der Waals surface area contributed by atoms with Crippen molar-refractivity contribution in [2.24, 2.45) is 4.99 Å². The van der Waals surface area contributed by atoms with Crippen molar-refractivity contribution in [1.82, 2.24) is 14.7 Å². The van der Waals surface area contributed by atoms with Crippen molar-refractivity contribution >= 4 is 41.3 Å². The molecule has 0 fully saturated rings. The molecule has 150 valence electrons. The minimum Gasteiger partial charge on any atom is -0.493 e. The highest BCUT2D eigenvalue weighted by molar-refractivity contribution is 14.0. The van der Waals surface area contributed by atoms with E-state index >= 15 is 0 Å². The van der Waals surface area contributed by atoms with Gasteiger partial charge in [-0.1, -0.05) is 6.07 Å². The largest absolute Gasteiger partial charge is 0.493 e. The number of halogens is 1. The molecule has 0 saturated heterocycles. The van der Waals surface area contributed by atoms with Gasteiger partial charge in [0.05, 0.1) is 26.5 Å². The fourth-order valence-corrected chi connectivity index (χ4v) is 2.79. The Labute approximate surface area is 182 Å². The fourth-order valence-electron chi connectivity index (χ4n) is 2.79. The predicted octanol–water partition coefficient (Wildman–Crippen LogP) is 3.86. The molecule has 8 heteroatoms. The van der Waals surface area contributed by atoms with Crippen LogP contribution in [0.15, 0.2) is 47.6 Å². The molecule has 1 aromatic carbocycles. The van der Waals surface area contributed by atoms with E-state index < -0.39 is 0 Å². The van der Waals surface area contributed by atoms with Gasteiger partial charge >= 0.3 is 0 Å². The number of pyridine rings is 1. The lowest BCUT2D eigenvalue weighted by Gasteiger charge is -2.13. The average molecular weight is 495 g/mol. The first-order valence-corrected chi connectivity index (χ1v) is 8.85. The first kappa shape index (κ1) is 21.8. The van der Waals surface area contributed by atoms with Gasteiger partial charge in [-0.2, -0.15) is 0 Å². The molecule has 3 aromatic rings. The topological polar surface area (TPSA) is 72.2 Å². The third kappa shape index (κ3) is 5.06. The number of ether oxygens (including phenoxy) is 2. The number of benzene rings is 1. The van der Waals surface area contributed by atoms with Gasteiger partial charge in [-0.05, 0) is 38.1 Å². The van der Waals surface area contributed by atoms with Crippen LogP contribution in [0.2, 0.25) is 0 Å². The molecule has 2 aromatic heterocycles. The number of aromatic nitrogens is 2. The monoisotopic (exact) mass is 495 g/mol. The van der Waals surface area contributed by atoms with Gasteiger partial charge in [0.2, 0.25) is 0 Å². The summed E-state index contributed by atoms with van der Waals surface area (Å²) in [5, 5.41) is 6.53. The molecular formula is C20H26IN5O2. The minimum absolute atomic E-state index is 0. The average Bonchev–Trinajstić information content (AvgIpc) is 3.11. The molecule has 0 bridgehead atoms. The number of hydrogen-bond donors (Lipinski definition) is 2. The Hall–Kier alpha value is -2.49. The molecule has 0 aliphatic heterocycles. The van der Waals surface area contributed by atoms with E-state index in [2.05, 4.69) is 38.0 Å². The van der Waals surface area contributed by atoms with Crippen LogP contribution in [-0.2, 0) is 6.54 Å². The Kier molecular flexibility index (Phi) is 7.91. The first-order valence-electron chi connectivity index (χ1n) is 8.85. The fraction of sp³-hybridized carbons (Fsp3) is 0.300. The second kappa shape index (κ2) is 10.2. The van der Waals surface area contributed by atoms with E-state index in [0.717, 1.165) is 29.3 Å². The number of aryl methyl sites for hydroxylation is 1. The van der Waals surface area contributed by atoms with E-state index in [9.17, 15) is 0 Å². The number of nitrogens with zero attached hydrogens (tertiary/aromatic N) is 3. The van der Waals surface area contributed by atoms with E-state index in [4.69, 9.17) is 9.47 Å². The van der Waals surface area contributed by atoms with Gasteiger partial charge in [-0.25, -0.2) is 9.98 Å². The predicted molar refractivity (Wildman–Crippen MR) is 123 cm³/mol. The summed E-state index contributed by atoms with van der Waals surface area (Å²) < 4.78 is 12.7. The van der Waals surface area contributed by atoms with Crippen LogP contribution in [0.1, 0.15) is 18.3 Å². The molecule has 0 aliphatic carbocycles. The second-order valence-electron chi connectivity index (χ2n) is 6.02. The Morgan fingerprint density at radius 2 is 1.93 bits per heavy atom. The normalized spacial score (nSPS) is 11.1. The van der Waals surface area contributed by atoms with Crippen LogP contribution in [0.3, 0.4) is 0 Å². The summed E-state index contributed by atoms with van der Waals surface area (Å²) in [5.41, 5.74) is 3.84. The molecule has 2 heterocycles. The Bertz CT molecular complexity index is 955. The van der Waals surface area contributed by atoms with E-state index in [1.165, 1.54) is 0 Å². The third-order valence-electron chi connectivity index (χ3n) is 4.14. The molecule has 2 N–H and O–H groups in total. The van der Waals surface area contributed by atoms with Crippen molar-refractivity contribution in [2.75, 3.05) is 26.1 Å². The number of rotatable bonds is 6. The number of nitrogens with one attached hydrogen (secondary N) is 2. The van der Waals surface area contributed by atoms with Crippen LogP contribution in [0.5, 0.6) is 11.5 Å². The van der Waals surface area contributed by atoms with Crippen LogP contribution in [-0.4, -0.2) is 36.1 Å². The molecule has 0 spiro atoms. The molecule has 7 nitrogen and oxygen atoms in total. The summed E-state index contributed by atoms with van der Waals surface area (Å²) in [4.78, 5) is 9.28. The number of anilines is 1. The molecule has 3 rings (SSSR count). The van der Waals surface area contributed by atoms with Gasteiger partial charge in [0.1, 0.15) is 5.65 Å². The summed E-state index contributed by atoms with van der Waals surface area (Å²) in [6.07, 6.45) is 2.02. The quantitative estimate of drug-likeness (QED) is 0.309. The Balaban J connectivity index is 0.00000280. The smallest absolute Gasteiger partial charge is 0.196 e. The highest BCUT2D eigenvalue weighted by atomic mass is 127. The van der Waals surface area contributed by atoms with Gasteiger partial charge in [-0.3, -0.25) is 0 Å². The summed E-state index contributed by atoms with van der Waals surface area (Å²) in [6, 6.07) is 11.7. The van der Waals surface area contributed by atoms with Crippen LogP contribution < -0.4 is 20.1 Å². The van der Waals surface area contributed by atoms with Crippen LogP contribution >= 0.6 is 24.0 Å². The van der Waals surface area contributed by atoms with Crippen molar-refractivity contribution in [3.63, 3.8) is 0 Å². The van der Waals surface area contributed by atoms with Crippen LogP contribution in [0.4, 0.5) is 5.69 Å². The summed E-state index contributed by atoms with van der Waals surface area (Å²) in [7, 11) is 3.24. The summed E-state index contributed by atoms with van der Waals surface area (Å²) >= 11 is 0. The van der Waals surface area contributed by atoms with E-state index in [1.54, 1.807) is 14.2 Å². The van der Waals surface area contributed by atoms with Gasteiger partial charge in [-0.15, -0.1) is 24.0 Å². The third-order valence-corrected chi connectivity index (χ3v) is 4.14. The number of aliphatic imine (C=N–C) groups is 1. The molecule has 0 aliphatic rings. The first-order chi connectivity index (χ1) is 13.1. The van der Waals surface area contributed by atoms with Crippen molar-refractivity contribution in [2.45, 2.75) is 20.4 Å². The lowest BCUT2D eigenvalue weighted by Crippen LogP contribution is -2.30. The summed E-state index contributed by atoms with van der Waals surface area (Å²) in [6.45, 7) is 5.32.